The van der Waals surface area contributed by atoms with Gasteiger partial charge in [-0.3, -0.25) is 4.79 Å². The molecule has 1 amide bonds. The molecule has 4 aliphatic carbocycles. The summed E-state index contributed by atoms with van der Waals surface area (Å²) in [5.74, 6) is 2.36. The first-order valence-electron chi connectivity index (χ1n) is 11.3. The molecule has 4 saturated carbocycles. The monoisotopic (exact) mass is 389 g/mol. The van der Waals surface area contributed by atoms with E-state index < -0.39 is 0 Å². The largest absolute Gasteiger partial charge is 0.348 e. The maximum atomic E-state index is 13.0. The molecule has 1 aromatic rings. The summed E-state index contributed by atoms with van der Waals surface area (Å²) < 4.78 is 0. The molecule has 4 heteroatoms. The molecule has 152 valence electrons. The number of aryl methyl sites for hydroxylation is 1. The molecular weight excluding hydrogens is 358 g/mol. The summed E-state index contributed by atoms with van der Waals surface area (Å²) in [7, 11) is 0. The Labute approximate surface area is 174 Å². The van der Waals surface area contributed by atoms with Crippen LogP contribution in [0.2, 0.25) is 0 Å². The fourth-order valence-corrected chi connectivity index (χ4v) is 7.13. The van der Waals surface area contributed by atoms with Crippen LogP contribution in [0.25, 0.3) is 0 Å². The van der Waals surface area contributed by atoms with Crippen LogP contribution < -0.4 is 10.2 Å². The minimum absolute atomic E-state index is 0.133. The highest BCUT2D eigenvalue weighted by atomic mass is 16.1. The molecule has 1 aliphatic heterocycles. The number of carbonyl (C=O) groups excluding carboxylic acids is 1. The van der Waals surface area contributed by atoms with Gasteiger partial charge in [-0.05, 0) is 93.1 Å². The highest BCUT2D eigenvalue weighted by molar-refractivity contribution is 5.97. The molecule has 1 atom stereocenters. The van der Waals surface area contributed by atoms with Gasteiger partial charge >= 0.3 is 0 Å². The van der Waals surface area contributed by atoms with Gasteiger partial charge in [-0.25, -0.2) is 0 Å². The van der Waals surface area contributed by atoms with Gasteiger partial charge in [-0.1, -0.05) is 18.2 Å². The minimum Gasteiger partial charge on any atom is -0.348 e. The molecule has 6 rings (SSSR count). The van der Waals surface area contributed by atoms with E-state index in [1.807, 2.05) is 6.07 Å². The van der Waals surface area contributed by atoms with Gasteiger partial charge in [-0.15, -0.1) is 0 Å². The summed E-state index contributed by atoms with van der Waals surface area (Å²) in [6, 6.07) is 10.6. The summed E-state index contributed by atoms with van der Waals surface area (Å²) in [4.78, 5) is 15.1. The molecule has 4 bridgehead atoms. The van der Waals surface area contributed by atoms with E-state index in [0.29, 0.717) is 0 Å². The number of fused-ring (bicyclic) bond motifs is 1. The Kier molecular flexibility index (Phi) is 4.65. The molecule has 4 nitrogen and oxygen atoms in total. The van der Waals surface area contributed by atoms with Crippen LogP contribution in [-0.2, 0) is 11.2 Å². The van der Waals surface area contributed by atoms with Crippen LogP contribution in [0.4, 0.5) is 5.69 Å². The van der Waals surface area contributed by atoms with Gasteiger partial charge in [0.05, 0.1) is 0 Å². The average Bonchev–Trinajstić information content (AvgIpc) is 2.71. The third-order valence-electron chi connectivity index (χ3n) is 8.15. The second kappa shape index (κ2) is 7.20. The fraction of sp³-hybridized carbons (Fsp3) is 0.600. The molecule has 1 unspecified atom stereocenters. The van der Waals surface area contributed by atoms with Gasteiger partial charge in [0, 0.05) is 24.5 Å². The van der Waals surface area contributed by atoms with Gasteiger partial charge < -0.3 is 10.2 Å². The highest BCUT2D eigenvalue weighted by Gasteiger charge is 2.53. The van der Waals surface area contributed by atoms with Crippen molar-refractivity contribution >= 4 is 11.6 Å². The number of rotatable bonds is 4. The summed E-state index contributed by atoms with van der Waals surface area (Å²) >= 11 is 0. The number of amides is 1. The van der Waals surface area contributed by atoms with Crippen molar-refractivity contribution in [1.29, 1.82) is 5.26 Å². The van der Waals surface area contributed by atoms with E-state index >= 15 is 0 Å². The Morgan fingerprint density at radius 2 is 1.86 bits per heavy atom. The number of nitriles is 1. The topological polar surface area (TPSA) is 56.1 Å². The quantitative estimate of drug-likeness (QED) is 0.606. The SMILES string of the molecule is CC(NC(=O)/C(C#N)=C\N1CCCc2ccccc21)C12CC3CC(CC(C3)C1)C2. The third kappa shape index (κ3) is 3.35. The van der Waals surface area contributed by atoms with Gasteiger partial charge in [0.2, 0.25) is 0 Å². The van der Waals surface area contributed by atoms with Gasteiger partial charge in [0.1, 0.15) is 11.6 Å². The second-order valence-electron chi connectivity index (χ2n) is 10.1. The molecule has 0 radical (unpaired) electrons. The van der Waals surface area contributed by atoms with Crippen molar-refractivity contribution in [2.24, 2.45) is 23.2 Å². The maximum absolute atomic E-state index is 13.0. The Balaban J connectivity index is 1.32. The van der Waals surface area contributed by atoms with E-state index in [1.165, 1.54) is 44.1 Å². The lowest BCUT2D eigenvalue weighted by molar-refractivity contribution is -0.122. The van der Waals surface area contributed by atoms with Crippen LogP contribution in [0, 0.1) is 34.5 Å². The van der Waals surface area contributed by atoms with E-state index in [2.05, 4.69) is 41.4 Å². The Morgan fingerprint density at radius 3 is 2.52 bits per heavy atom. The van der Waals surface area contributed by atoms with Gasteiger partial charge in [0.25, 0.3) is 5.91 Å². The van der Waals surface area contributed by atoms with Crippen LogP contribution in [0.15, 0.2) is 36.0 Å². The molecule has 5 aliphatic rings. The van der Waals surface area contributed by atoms with Crippen LogP contribution >= 0.6 is 0 Å². The van der Waals surface area contributed by atoms with Crippen molar-refractivity contribution in [2.45, 2.75) is 64.3 Å². The number of nitrogens with zero attached hydrogens (tertiary/aromatic N) is 2. The normalized spacial score (nSPS) is 33.7. The summed E-state index contributed by atoms with van der Waals surface area (Å²) in [6.45, 7) is 3.02. The zero-order valence-corrected chi connectivity index (χ0v) is 17.4. The van der Waals surface area contributed by atoms with E-state index in [0.717, 1.165) is 42.8 Å². The Bertz CT molecular complexity index is 845. The number of carbonyl (C=O) groups is 1. The van der Waals surface area contributed by atoms with Crippen molar-refractivity contribution in [2.75, 3.05) is 11.4 Å². The number of benzene rings is 1. The van der Waals surface area contributed by atoms with Gasteiger partial charge in [-0.2, -0.15) is 5.26 Å². The minimum atomic E-state index is -0.209. The fourth-order valence-electron chi connectivity index (χ4n) is 7.13. The van der Waals surface area contributed by atoms with E-state index in [1.54, 1.807) is 6.20 Å². The number of para-hydroxylation sites is 1. The van der Waals surface area contributed by atoms with Crippen molar-refractivity contribution in [1.82, 2.24) is 5.32 Å². The number of anilines is 1. The van der Waals surface area contributed by atoms with E-state index in [9.17, 15) is 10.1 Å². The van der Waals surface area contributed by atoms with Crippen molar-refractivity contribution in [3.05, 3.63) is 41.6 Å². The van der Waals surface area contributed by atoms with Crippen molar-refractivity contribution in [3.63, 3.8) is 0 Å². The molecular formula is C25H31N3O. The first-order chi connectivity index (χ1) is 14.1. The van der Waals surface area contributed by atoms with Crippen LogP contribution in [0.5, 0.6) is 0 Å². The summed E-state index contributed by atoms with van der Waals surface area (Å²) in [6.07, 6.45) is 11.8. The molecule has 0 aromatic heterocycles. The molecule has 29 heavy (non-hydrogen) atoms. The highest BCUT2D eigenvalue weighted by Crippen LogP contribution is 2.61. The zero-order chi connectivity index (χ0) is 20.0. The second-order valence-corrected chi connectivity index (χ2v) is 10.1. The lowest BCUT2D eigenvalue weighted by Gasteiger charge is -2.59. The molecule has 1 aromatic carbocycles. The standard InChI is InChI=1S/C25H31N3O/c1-17(25-12-18-9-19(13-25)11-20(10-18)14-25)27-24(29)22(15-26)16-28-8-4-6-21-5-2-3-7-23(21)28/h2-3,5,7,16-20H,4,6,8-14H2,1H3,(H,27,29)/b22-16-. The van der Waals surface area contributed by atoms with E-state index in [-0.39, 0.29) is 22.9 Å². The zero-order valence-electron chi connectivity index (χ0n) is 17.4. The van der Waals surface area contributed by atoms with Crippen molar-refractivity contribution < 1.29 is 4.79 Å². The summed E-state index contributed by atoms with van der Waals surface area (Å²) in [5, 5.41) is 13.0. The maximum Gasteiger partial charge on any atom is 0.263 e. The number of hydrogen-bond donors (Lipinski definition) is 1. The lowest BCUT2D eigenvalue weighted by Crippen LogP contribution is -2.56. The lowest BCUT2D eigenvalue weighted by atomic mass is 9.48. The molecule has 0 spiro atoms. The third-order valence-corrected chi connectivity index (χ3v) is 8.15. The summed E-state index contributed by atoms with van der Waals surface area (Å²) in [5.41, 5.74) is 2.88. The predicted molar refractivity (Wildman–Crippen MR) is 114 cm³/mol. The average molecular weight is 390 g/mol. The Morgan fingerprint density at radius 1 is 1.21 bits per heavy atom. The van der Waals surface area contributed by atoms with Crippen LogP contribution in [0.3, 0.4) is 0 Å². The first kappa shape index (κ1) is 18.7. The smallest absolute Gasteiger partial charge is 0.263 e. The van der Waals surface area contributed by atoms with Crippen LogP contribution in [-0.4, -0.2) is 18.5 Å². The van der Waals surface area contributed by atoms with Crippen molar-refractivity contribution in [3.8, 4) is 6.07 Å². The molecule has 1 N–H and O–H groups in total. The molecule has 0 saturated heterocycles. The number of hydrogen-bond acceptors (Lipinski definition) is 3. The van der Waals surface area contributed by atoms with Gasteiger partial charge in [0.15, 0.2) is 0 Å². The Hall–Kier alpha value is -2.28. The molecule has 4 fully saturated rings. The predicted octanol–water partition coefficient (Wildman–Crippen LogP) is 4.57. The first-order valence-corrected chi connectivity index (χ1v) is 11.3. The van der Waals surface area contributed by atoms with E-state index in [4.69, 9.17) is 0 Å². The van der Waals surface area contributed by atoms with Crippen LogP contribution in [0.1, 0.15) is 57.4 Å². The molecule has 1 heterocycles. The number of nitrogens with one attached hydrogen (secondary N) is 1.